The van der Waals surface area contributed by atoms with Gasteiger partial charge in [-0.25, -0.2) is 22.0 Å². The third kappa shape index (κ3) is 3.69. The average Bonchev–Trinajstić information content (AvgIpc) is 2.46. The molecule has 118 valence electrons. The van der Waals surface area contributed by atoms with Crippen LogP contribution in [0.25, 0.3) is 0 Å². The zero-order valence-corrected chi connectivity index (χ0v) is 11.6. The molecule has 0 saturated carbocycles. The Kier molecular flexibility index (Phi) is 5.65. The van der Waals surface area contributed by atoms with Crippen LogP contribution in [0.3, 0.4) is 0 Å². The van der Waals surface area contributed by atoms with Gasteiger partial charge in [0, 0.05) is 18.7 Å². The van der Waals surface area contributed by atoms with E-state index in [9.17, 15) is 26.7 Å². The molecule has 0 radical (unpaired) electrons. The second-order valence-electron chi connectivity index (χ2n) is 4.67. The molecule has 0 aliphatic rings. The van der Waals surface area contributed by atoms with Crippen molar-refractivity contribution < 1.29 is 31.5 Å². The van der Waals surface area contributed by atoms with Crippen molar-refractivity contribution in [2.45, 2.75) is 13.5 Å². The van der Waals surface area contributed by atoms with Crippen LogP contribution in [0.15, 0.2) is 0 Å². The van der Waals surface area contributed by atoms with E-state index in [0.717, 1.165) is 0 Å². The van der Waals surface area contributed by atoms with E-state index >= 15 is 0 Å². The number of rotatable bonds is 5. The van der Waals surface area contributed by atoms with Crippen molar-refractivity contribution in [3.63, 3.8) is 0 Å². The number of hydrogen-bond acceptors (Lipinski definition) is 3. The van der Waals surface area contributed by atoms with Crippen molar-refractivity contribution in [1.82, 2.24) is 4.90 Å². The fourth-order valence-corrected chi connectivity index (χ4v) is 1.87. The Labute approximate surface area is 118 Å². The van der Waals surface area contributed by atoms with Gasteiger partial charge >= 0.3 is 5.97 Å². The number of ether oxygens (including phenoxy) is 1. The molecular weight excluding hydrogens is 297 g/mol. The van der Waals surface area contributed by atoms with Gasteiger partial charge in [0.05, 0.1) is 13.0 Å². The molecule has 8 heteroatoms. The summed E-state index contributed by atoms with van der Waals surface area (Å²) in [5.41, 5.74) is -0.939. The fraction of sp³-hybridized carbons (Fsp3) is 0.462. The summed E-state index contributed by atoms with van der Waals surface area (Å²) in [6.07, 6.45) is 0. The molecule has 0 N–H and O–H groups in total. The third-order valence-corrected chi connectivity index (χ3v) is 2.92. The number of nitrogens with zero attached hydrogens (tertiary/aromatic N) is 1. The number of halogens is 5. The van der Waals surface area contributed by atoms with Crippen molar-refractivity contribution in [2.75, 3.05) is 20.7 Å². The van der Waals surface area contributed by atoms with Gasteiger partial charge in [-0.2, -0.15) is 0 Å². The van der Waals surface area contributed by atoms with Gasteiger partial charge in [-0.05, 0) is 7.05 Å². The number of benzene rings is 1. The highest BCUT2D eigenvalue weighted by molar-refractivity contribution is 5.72. The lowest BCUT2D eigenvalue weighted by molar-refractivity contribution is -0.145. The van der Waals surface area contributed by atoms with Gasteiger partial charge in [-0.3, -0.25) is 4.79 Å². The molecule has 0 aromatic heterocycles. The standard InChI is InChI=1S/C13H14F5NO2/c1-6(13(20)21-3)4-19(2)5-7-8(14)10(16)12(18)11(17)9(7)15/h6H,4-5H2,1-3H3. The molecule has 0 spiro atoms. The lowest BCUT2D eigenvalue weighted by Crippen LogP contribution is -2.30. The van der Waals surface area contributed by atoms with Crippen LogP contribution in [-0.4, -0.2) is 31.6 Å². The Balaban J connectivity index is 2.96. The molecular formula is C13H14F5NO2. The van der Waals surface area contributed by atoms with Crippen LogP contribution >= 0.6 is 0 Å². The van der Waals surface area contributed by atoms with Crippen LogP contribution in [0.5, 0.6) is 0 Å². The predicted octanol–water partition coefficient (Wildman–Crippen LogP) is 2.62. The normalized spacial score (nSPS) is 12.6. The van der Waals surface area contributed by atoms with Gasteiger partial charge in [-0.15, -0.1) is 0 Å². The molecule has 1 rings (SSSR count). The smallest absolute Gasteiger partial charge is 0.309 e. The molecule has 0 aliphatic carbocycles. The zero-order chi connectivity index (χ0) is 16.3. The number of hydrogen-bond donors (Lipinski definition) is 0. The largest absolute Gasteiger partial charge is 0.469 e. The quantitative estimate of drug-likeness (QED) is 0.362. The average molecular weight is 311 g/mol. The third-order valence-electron chi connectivity index (χ3n) is 2.92. The first-order valence-electron chi connectivity index (χ1n) is 5.97. The summed E-state index contributed by atoms with van der Waals surface area (Å²) in [7, 11) is 2.57. The minimum Gasteiger partial charge on any atom is -0.469 e. The molecule has 0 aliphatic heterocycles. The van der Waals surface area contributed by atoms with Crippen LogP contribution in [0.2, 0.25) is 0 Å². The monoisotopic (exact) mass is 311 g/mol. The summed E-state index contributed by atoms with van der Waals surface area (Å²) in [6, 6.07) is 0. The summed E-state index contributed by atoms with van der Waals surface area (Å²) in [4.78, 5) is 12.5. The molecule has 1 atom stereocenters. The minimum absolute atomic E-state index is 0.0339. The maximum absolute atomic E-state index is 13.5. The minimum atomic E-state index is -2.20. The second-order valence-corrected chi connectivity index (χ2v) is 4.67. The summed E-state index contributed by atoms with van der Waals surface area (Å²) < 4.78 is 70.4. The zero-order valence-electron chi connectivity index (χ0n) is 11.6. The van der Waals surface area contributed by atoms with E-state index in [4.69, 9.17) is 0 Å². The van der Waals surface area contributed by atoms with Gasteiger partial charge in [0.25, 0.3) is 0 Å². The Bertz CT molecular complexity index is 521. The number of carbonyl (C=O) groups excluding carboxylic acids is 1. The molecule has 0 saturated heterocycles. The number of methoxy groups -OCH3 is 1. The Morgan fingerprint density at radius 2 is 1.48 bits per heavy atom. The van der Waals surface area contributed by atoms with Crippen molar-refractivity contribution in [2.24, 2.45) is 5.92 Å². The van der Waals surface area contributed by atoms with Crippen LogP contribution < -0.4 is 0 Å². The molecule has 3 nitrogen and oxygen atoms in total. The fourth-order valence-electron chi connectivity index (χ4n) is 1.87. The first kappa shape index (κ1) is 17.4. The molecule has 1 unspecified atom stereocenters. The van der Waals surface area contributed by atoms with E-state index in [1.54, 1.807) is 0 Å². The van der Waals surface area contributed by atoms with E-state index < -0.39 is 53.1 Å². The molecule has 0 fully saturated rings. The van der Waals surface area contributed by atoms with Gasteiger partial charge < -0.3 is 9.64 Å². The maximum Gasteiger partial charge on any atom is 0.309 e. The Morgan fingerprint density at radius 1 is 1.05 bits per heavy atom. The molecule has 0 bridgehead atoms. The topological polar surface area (TPSA) is 29.5 Å². The highest BCUT2D eigenvalue weighted by Gasteiger charge is 2.26. The summed E-state index contributed by atoms with van der Waals surface area (Å²) in [5.74, 6) is -11.1. The Morgan fingerprint density at radius 3 is 1.90 bits per heavy atom. The lowest BCUT2D eigenvalue weighted by atomic mass is 10.1. The van der Waals surface area contributed by atoms with Crippen molar-refractivity contribution in [1.29, 1.82) is 0 Å². The molecule has 1 aromatic rings. The molecule has 0 heterocycles. The van der Waals surface area contributed by atoms with E-state index in [2.05, 4.69) is 4.74 Å². The van der Waals surface area contributed by atoms with Crippen molar-refractivity contribution in [3.05, 3.63) is 34.6 Å². The van der Waals surface area contributed by atoms with Crippen LogP contribution in [0, 0.1) is 35.0 Å². The highest BCUT2D eigenvalue weighted by Crippen LogP contribution is 2.24. The predicted molar refractivity (Wildman–Crippen MR) is 63.7 cm³/mol. The SMILES string of the molecule is COC(=O)C(C)CN(C)Cc1c(F)c(F)c(F)c(F)c1F. The lowest BCUT2D eigenvalue weighted by Gasteiger charge is -2.20. The van der Waals surface area contributed by atoms with E-state index in [1.807, 2.05) is 0 Å². The first-order valence-corrected chi connectivity index (χ1v) is 5.97. The highest BCUT2D eigenvalue weighted by atomic mass is 19.2. The van der Waals surface area contributed by atoms with Gasteiger partial charge in [0.2, 0.25) is 5.82 Å². The summed E-state index contributed by atoms with van der Waals surface area (Å²) in [5, 5.41) is 0. The van der Waals surface area contributed by atoms with E-state index in [1.165, 1.54) is 26.0 Å². The van der Waals surface area contributed by atoms with Crippen molar-refractivity contribution >= 4 is 5.97 Å². The summed E-state index contributed by atoms with van der Waals surface area (Å²) >= 11 is 0. The van der Waals surface area contributed by atoms with E-state index in [0.29, 0.717) is 0 Å². The molecule has 1 aromatic carbocycles. The number of carbonyl (C=O) groups is 1. The van der Waals surface area contributed by atoms with Crippen LogP contribution in [0.4, 0.5) is 22.0 Å². The van der Waals surface area contributed by atoms with Gasteiger partial charge in [0.15, 0.2) is 23.3 Å². The first-order chi connectivity index (χ1) is 9.70. The molecule has 0 amide bonds. The maximum atomic E-state index is 13.5. The van der Waals surface area contributed by atoms with Crippen LogP contribution in [-0.2, 0) is 16.1 Å². The van der Waals surface area contributed by atoms with Gasteiger partial charge in [-0.1, -0.05) is 6.92 Å². The van der Waals surface area contributed by atoms with Gasteiger partial charge in [0.1, 0.15) is 0 Å². The van der Waals surface area contributed by atoms with Crippen LogP contribution in [0.1, 0.15) is 12.5 Å². The second kappa shape index (κ2) is 6.84. The molecule has 21 heavy (non-hydrogen) atoms. The number of esters is 1. The Hall–Kier alpha value is -1.70. The van der Waals surface area contributed by atoms with E-state index in [-0.39, 0.29) is 6.54 Å². The summed E-state index contributed by atoms with van der Waals surface area (Å²) in [6.45, 7) is 1.01. The van der Waals surface area contributed by atoms with Crippen molar-refractivity contribution in [3.8, 4) is 0 Å².